The van der Waals surface area contributed by atoms with Gasteiger partial charge in [-0.15, -0.1) is 11.8 Å². The first kappa shape index (κ1) is 17.5. The number of hydrogen-bond donors (Lipinski definition) is 1. The van der Waals surface area contributed by atoms with Crippen molar-refractivity contribution in [3.05, 3.63) is 42.5 Å². The van der Waals surface area contributed by atoms with Crippen LogP contribution < -0.4 is 5.32 Å². The third kappa shape index (κ3) is 5.10. The summed E-state index contributed by atoms with van der Waals surface area (Å²) in [5, 5.41) is 7.17. The van der Waals surface area contributed by atoms with E-state index in [1.807, 2.05) is 38.1 Å². The molecule has 5 nitrogen and oxygen atoms in total. The van der Waals surface area contributed by atoms with Gasteiger partial charge >= 0.3 is 0 Å². The fourth-order valence-electron chi connectivity index (χ4n) is 2.15. The maximum Gasteiger partial charge on any atom is 0.233 e. The third-order valence-corrected chi connectivity index (χ3v) is 4.91. The van der Waals surface area contributed by atoms with Crippen LogP contribution in [0.1, 0.15) is 45.2 Å². The van der Waals surface area contributed by atoms with E-state index in [-0.39, 0.29) is 17.2 Å². The van der Waals surface area contributed by atoms with Crippen molar-refractivity contribution in [2.24, 2.45) is 0 Å². The first-order valence-corrected chi connectivity index (χ1v) is 9.03. The summed E-state index contributed by atoms with van der Waals surface area (Å²) in [7, 11) is 0. The molecule has 0 aliphatic heterocycles. The van der Waals surface area contributed by atoms with Gasteiger partial charge in [-0.05, 0) is 43.7 Å². The highest BCUT2D eigenvalue weighted by Crippen LogP contribution is 2.18. The normalized spacial score (nSPS) is 13.5. The van der Waals surface area contributed by atoms with E-state index in [1.165, 1.54) is 6.33 Å². The van der Waals surface area contributed by atoms with E-state index in [9.17, 15) is 4.79 Å². The summed E-state index contributed by atoms with van der Waals surface area (Å²) in [4.78, 5) is 16.2. The molecule has 124 valence electrons. The molecule has 0 fully saturated rings. The number of thioether (sulfide) groups is 1. The van der Waals surface area contributed by atoms with Crippen molar-refractivity contribution in [2.75, 3.05) is 5.75 Å². The van der Waals surface area contributed by atoms with Crippen LogP contribution in [0, 0.1) is 0 Å². The molecule has 2 rings (SSSR count). The van der Waals surface area contributed by atoms with Crippen LogP contribution in [0.4, 0.5) is 0 Å². The Morgan fingerprint density at radius 1 is 1.30 bits per heavy atom. The number of aromatic nitrogens is 3. The Kier molecular flexibility index (Phi) is 6.65. The van der Waals surface area contributed by atoms with Gasteiger partial charge < -0.3 is 5.32 Å². The van der Waals surface area contributed by atoms with E-state index in [2.05, 4.69) is 22.3 Å². The third-order valence-electron chi connectivity index (χ3n) is 3.67. The summed E-state index contributed by atoms with van der Waals surface area (Å²) in [6.45, 7) is 6.14. The Hall–Kier alpha value is -1.82. The number of carbonyl (C=O) groups excluding carboxylic acids is 1. The van der Waals surface area contributed by atoms with Gasteiger partial charge in [-0.25, -0.2) is 9.67 Å². The van der Waals surface area contributed by atoms with Crippen LogP contribution in [0.25, 0.3) is 5.69 Å². The molecule has 0 bridgehead atoms. The molecule has 1 amide bonds. The standard InChI is InChI=1S/C17H24N4OS/c1-4-5-10-23-14(3)17(22)20-13(2)15-6-8-16(9-7-15)21-12-18-11-19-21/h6-9,11-14H,4-5,10H2,1-3H3,(H,20,22)/t13-,14-/m1/s1. The van der Waals surface area contributed by atoms with Crippen LogP contribution in [-0.4, -0.2) is 31.7 Å². The van der Waals surface area contributed by atoms with Gasteiger partial charge in [-0.3, -0.25) is 4.79 Å². The predicted molar refractivity (Wildman–Crippen MR) is 94.7 cm³/mol. The molecule has 0 spiro atoms. The Labute approximate surface area is 141 Å². The summed E-state index contributed by atoms with van der Waals surface area (Å²) in [5.41, 5.74) is 2.03. The van der Waals surface area contributed by atoms with Crippen LogP contribution in [0.2, 0.25) is 0 Å². The second kappa shape index (κ2) is 8.72. The van der Waals surface area contributed by atoms with Crippen molar-refractivity contribution in [3.63, 3.8) is 0 Å². The minimum absolute atomic E-state index is 0.0125. The molecule has 1 heterocycles. The number of amides is 1. The summed E-state index contributed by atoms with van der Waals surface area (Å²) < 4.78 is 1.71. The van der Waals surface area contributed by atoms with Gasteiger partial charge in [0, 0.05) is 0 Å². The van der Waals surface area contributed by atoms with Crippen molar-refractivity contribution < 1.29 is 4.79 Å². The molecule has 0 saturated heterocycles. The highest BCUT2D eigenvalue weighted by molar-refractivity contribution is 8.00. The summed E-state index contributed by atoms with van der Waals surface area (Å²) >= 11 is 1.72. The lowest BCUT2D eigenvalue weighted by Gasteiger charge is -2.18. The SMILES string of the molecule is CCCCS[C@H](C)C(=O)N[C@H](C)c1ccc(-n2cncn2)cc1. The number of hydrogen-bond acceptors (Lipinski definition) is 4. The van der Waals surface area contributed by atoms with Gasteiger partial charge in [-0.1, -0.05) is 25.5 Å². The zero-order chi connectivity index (χ0) is 16.7. The number of unbranched alkanes of at least 4 members (excludes halogenated alkanes) is 1. The van der Waals surface area contributed by atoms with Gasteiger partial charge in [0.15, 0.2) is 0 Å². The average molecular weight is 332 g/mol. The fourth-order valence-corrected chi connectivity index (χ4v) is 3.18. The highest BCUT2D eigenvalue weighted by Gasteiger charge is 2.16. The van der Waals surface area contributed by atoms with E-state index < -0.39 is 0 Å². The lowest BCUT2D eigenvalue weighted by atomic mass is 10.1. The molecule has 1 N–H and O–H groups in total. The van der Waals surface area contributed by atoms with E-state index in [0.717, 1.165) is 29.8 Å². The van der Waals surface area contributed by atoms with Crippen molar-refractivity contribution in [3.8, 4) is 5.69 Å². The van der Waals surface area contributed by atoms with Gasteiger partial charge in [0.2, 0.25) is 5.91 Å². The van der Waals surface area contributed by atoms with Gasteiger partial charge in [0.25, 0.3) is 0 Å². The van der Waals surface area contributed by atoms with Crippen molar-refractivity contribution in [1.82, 2.24) is 20.1 Å². The summed E-state index contributed by atoms with van der Waals surface area (Å²) in [5.74, 6) is 1.13. The quantitative estimate of drug-likeness (QED) is 0.753. The summed E-state index contributed by atoms with van der Waals surface area (Å²) in [6.07, 6.45) is 5.49. The molecule has 23 heavy (non-hydrogen) atoms. The number of nitrogens with zero attached hydrogens (tertiary/aromatic N) is 3. The number of benzene rings is 1. The largest absolute Gasteiger partial charge is 0.349 e. The lowest BCUT2D eigenvalue weighted by Crippen LogP contribution is -2.33. The molecule has 0 unspecified atom stereocenters. The predicted octanol–water partition coefficient (Wildman–Crippen LogP) is 3.37. The van der Waals surface area contributed by atoms with Crippen molar-refractivity contribution >= 4 is 17.7 Å². The molecule has 1 aromatic carbocycles. The minimum atomic E-state index is -0.0154. The second-order valence-corrected chi connectivity index (χ2v) is 6.98. The van der Waals surface area contributed by atoms with E-state index in [4.69, 9.17) is 0 Å². The first-order valence-electron chi connectivity index (χ1n) is 7.98. The van der Waals surface area contributed by atoms with E-state index in [1.54, 1.807) is 22.8 Å². The maximum atomic E-state index is 12.2. The van der Waals surface area contributed by atoms with E-state index >= 15 is 0 Å². The molecule has 0 radical (unpaired) electrons. The Balaban J connectivity index is 1.90. The number of nitrogens with one attached hydrogen (secondary N) is 1. The molecule has 0 aliphatic rings. The Bertz CT molecular complexity index is 598. The number of rotatable bonds is 8. The summed E-state index contributed by atoms with van der Waals surface area (Å²) in [6, 6.07) is 7.97. The molecule has 2 atom stereocenters. The smallest absolute Gasteiger partial charge is 0.233 e. The Morgan fingerprint density at radius 3 is 2.65 bits per heavy atom. The van der Waals surface area contributed by atoms with Crippen LogP contribution >= 0.6 is 11.8 Å². The number of carbonyl (C=O) groups is 1. The lowest BCUT2D eigenvalue weighted by molar-refractivity contribution is -0.120. The molecule has 1 aromatic heterocycles. The Morgan fingerprint density at radius 2 is 2.04 bits per heavy atom. The highest BCUT2D eigenvalue weighted by atomic mass is 32.2. The van der Waals surface area contributed by atoms with Crippen LogP contribution in [-0.2, 0) is 4.79 Å². The second-order valence-electron chi connectivity index (χ2n) is 5.53. The monoisotopic (exact) mass is 332 g/mol. The molecular weight excluding hydrogens is 308 g/mol. The van der Waals surface area contributed by atoms with Crippen LogP contribution in [0.3, 0.4) is 0 Å². The van der Waals surface area contributed by atoms with Crippen molar-refractivity contribution in [1.29, 1.82) is 0 Å². The maximum absolute atomic E-state index is 12.2. The fraction of sp³-hybridized carbons (Fsp3) is 0.471. The minimum Gasteiger partial charge on any atom is -0.349 e. The zero-order valence-electron chi connectivity index (χ0n) is 13.9. The average Bonchev–Trinajstić information content (AvgIpc) is 3.09. The topological polar surface area (TPSA) is 59.8 Å². The van der Waals surface area contributed by atoms with Gasteiger partial charge in [0.1, 0.15) is 12.7 Å². The zero-order valence-corrected chi connectivity index (χ0v) is 14.7. The van der Waals surface area contributed by atoms with Crippen LogP contribution in [0.5, 0.6) is 0 Å². The molecule has 0 saturated carbocycles. The van der Waals surface area contributed by atoms with Gasteiger partial charge in [0.05, 0.1) is 17.0 Å². The molecule has 6 heteroatoms. The van der Waals surface area contributed by atoms with Gasteiger partial charge in [-0.2, -0.15) is 5.10 Å². The molecular formula is C17H24N4OS. The van der Waals surface area contributed by atoms with Crippen molar-refractivity contribution in [2.45, 2.75) is 44.9 Å². The van der Waals surface area contributed by atoms with E-state index in [0.29, 0.717) is 0 Å². The van der Waals surface area contributed by atoms with Crippen LogP contribution in [0.15, 0.2) is 36.9 Å². The first-order chi connectivity index (χ1) is 11.1. The molecule has 0 aliphatic carbocycles. The molecule has 2 aromatic rings.